The van der Waals surface area contributed by atoms with E-state index in [0.29, 0.717) is 12.1 Å². The van der Waals surface area contributed by atoms with Gasteiger partial charge in [0.25, 0.3) is 0 Å². The highest BCUT2D eigenvalue weighted by Gasteiger charge is 2.26. The third-order valence-corrected chi connectivity index (χ3v) is 3.39. The Morgan fingerprint density at radius 2 is 2.06 bits per heavy atom. The van der Waals surface area contributed by atoms with Crippen molar-refractivity contribution < 1.29 is 4.74 Å². The molecule has 1 aromatic carbocycles. The number of nitrogens with one attached hydrogen (secondary N) is 1. The summed E-state index contributed by atoms with van der Waals surface area (Å²) in [7, 11) is 2.03. The van der Waals surface area contributed by atoms with Gasteiger partial charge in [-0.2, -0.15) is 0 Å². The van der Waals surface area contributed by atoms with Gasteiger partial charge in [0, 0.05) is 6.04 Å². The van der Waals surface area contributed by atoms with Gasteiger partial charge in [-0.05, 0) is 38.3 Å². The van der Waals surface area contributed by atoms with Crippen molar-refractivity contribution in [3.05, 3.63) is 35.9 Å². The largest absolute Gasteiger partial charge is 0.376 e. The molecule has 0 saturated heterocycles. The van der Waals surface area contributed by atoms with Gasteiger partial charge in [0.1, 0.15) is 0 Å². The van der Waals surface area contributed by atoms with Crippen LogP contribution in [-0.2, 0) is 11.2 Å². The fraction of sp³-hybridized carbons (Fsp3) is 0.571. The average Bonchev–Trinajstić information content (AvgIpc) is 2.78. The van der Waals surface area contributed by atoms with Crippen molar-refractivity contribution in [1.29, 1.82) is 0 Å². The predicted molar refractivity (Wildman–Crippen MR) is 66.6 cm³/mol. The maximum atomic E-state index is 5.95. The van der Waals surface area contributed by atoms with E-state index in [0.717, 1.165) is 13.0 Å². The SMILES string of the molecule is CNC1CCCC1OCCc1ccccc1. The lowest BCUT2D eigenvalue weighted by atomic mass is 10.1. The van der Waals surface area contributed by atoms with Crippen LogP contribution in [0.4, 0.5) is 0 Å². The highest BCUT2D eigenvalue weighted by molar-refractivity contribution is 5.14. The quantitative estimate of drug-likeness (QED) is 0.821. The summed E-state index contributed by atoms with van der Waals surface area (Å²) in [5, 5.41) is 3.34. The van der Waals surface area contributed by atoms with E-state index in [9.17, 15) is 0 Å². The molecule has 88 valence electrons. The fourth-order valence-corrected chi connectivity index (χ4v) is 2.43. The zero-order valence-corrected chi connectivity index (χ0v) is 9.99. The van der Waals surface area contributed by atoms with Crippen LogP contribution in [0.2, 0.25) is 0 Å². The molecule has 0 spiro atoms. The Balaban J connectivity index is 1.72. The van der Waals surface area contributed by atoms with Gasteiger partial charge in [-0.1, -0.05) is 30.3 Å². The second kappa shape index (κ2) is 6.02. The second-order valence-corrected chi connectivity index (χ2v) is 4.47. The zero-order valence-electron chi connectivity index (χ0n) is 9.99. The molecule has 1 aromatic rings. The standard InChI is InChI=1S/C14H21NO/c1-15-13-8-5-9-14(13)16-11-10-12-6-3-2-4-7-12/h2-4,6-7,13-15H,5,8-11H2,1H3. The van der Waals surface area contributed by atoms with Crippen molar-refractivity contribution >= 4 is 0 Å². The molecule has 0 aliphatic heterocycles. The summed E-state index contributed by atoms with van der Waals surface area (Å²) in [5.41, 5.74) is 1.36. The van der Waals surface area contributed by atoms with Crippen LogP contribution in [0.5, 0.6) is 0 Å². The molecule has 2 nitrogen and oxygen atoms in total. The van der Waals surface area contributed by atoms with E-state index < -0.39 is 0 Å². The van der Waals surface area contributed by atoms with Crippen LogP contribution in [0.3, 0.4) is 0 Å². The first-order valence-corrected chi connectivity index (χ1v) is 6.23. The second-order valence-electron chi connectivity index (χ2n) is 4.47. The first kappa shape index (κ1) is 11.6. The summed E-state index contributed by atoms with van der Waals surface area (Å²) >= 11 is 0. The van der Waals surface area contributed by atoms with Crippen molar-refractivity contribution in [2.24, 2.45) is 0 Å². The number of hydrogen-bond acceptors (Lipinski definition) is 2. The van der Waals surface area contributed by atoms with Crippen molar-refractivity contribution in [2.45, 2.75) is 37.8 Å². The van der Waals surface area contributed by atoms with Gasteiger partial charge in [-0.25, -0.2) is 0 Å². The first-order valence-electron chi connectivity index (χ1n) is 6.23. The molecular formula is C14H21NO. The molecule has 0 heterocycles. The molecule has 2 atom stereocenters. The Bertz CT molecular complexity index is 299. The molecule has 2 rings (SSSR count). The Labute approximate surface area is 98.0 Å². The lowest BCUT2D eigenvalue weighted by Gasteiger charge is -2.19. The Kier molecular flexibility index (Phi) is 4.37. The molecule has 2 unspecified atom stereocenters. The van der Waals surface area contributed by atoms with Gasteiger partial charge < -0.3 is 10.1 Å². The lowest BCUT2D eigenvalue weighted by Crippen LogP contribution is -2.35. The fourth-order valence-electron chi connectivity index (χ4n) is 2.43. The van der Waals surface area contributed by atoms with E-state index in [1.165, 1.54) is 24.8 Å². The van der Waals surface area contributed by atoms with Crippen molar-refractivity contribution in [3.8, 4) is 0 Å². The van der Waals surface area contributed by atoms with Crippen LogP contribution in [0.15, 0.2) is 30.3 Å². The van der Waals surface area contributed by atoms with Gasteiger partial charge in [-0.3, -0.25) is 0 Å². The summed E-state index contributed by atoms with van der Waals surface area (Å²) in [6, 6.07) is 11.1. The van der Waals surface area contributed by atoms with Crippen LogP contribution in [-0.4, -0.2) is 25.8 Å². The smallest absolute Gasteiger partial charge is 0.0728 e. The molecule has 0 amide bonds. The monoisotopic (exact) mass is 219 g/mol. The summed E-state index contributed by atoms with van der Waals surface area (Å²) < 4.78 is 5.95. The third kappa shape index (κ3) is 3.06. The molecule has 1 aliphatic carbocycles. The maximum absolute atomic E-state index is 5.95. The van der Waals surface area contributed by atoms with Gasteiger partial charge in [0.05, 0.1) is 12.7 Å². The van der Waals surface area contributed by atoms with Crippen LogP contribution in [0, 0.1) is 0 Å². The van der Waals surface area contributed by atoms with Gasteiger partial charge in [0.2, 0.25) is 0 Å². The van der Waals surface area contributed by atoms with E-state index >= 15 is 0 Å². The minimum Gasteiger partial charge on any atom is -0.376 e. The topological polar surface area (TPSA) is 21.3 Å². The van der Waals surface area contributed by atoms with Gasteiger partial charge in [0.15, 0.2) is 0 Å². The molecule has 1 saturated carbocycles. The highest BCUT2D eigenvalue weighted by Crippen LogP contribution is 2.21. The summed E-state index contributed by atoms with van der Waals surface area (Å²) in [5.74, 6) is 0. The number of benzene rings is 1. The maximum Gasteiger partial charge on any atom is 0.0728 e. The highest BCUT2D eigenvalue weighted by atomic mass is 16.5. The van der Waals surface area contributed by atoms with E-state index in [1.54, 1.807) is 0 Å². The number of likely N-dealkylation sites (N-methyl/N-ethyl adjacent to an activating group) is 1. The normalized spacial score (nSPS) is 24.8. The Morgan fingerprint density at radius 1 is 1.25 bits per heavy atom. The predicted octanol–water partition coefficient (Wildman–Crippen LogP) is 2.39. The molecule has 16 heavy (non-hydrogen) atoms. The number of ether oxygens (including phenoxy) is 1. The molecule has 1 aliphatic rings. The van der Waals surface area contributed by atoms with Crippen LogP contribution in [0.1, 0.15) is 24.8 Å². The molecule has 1 N–H and O–H groups in total. The summed E-state index contributed by atoms with van der Waals surface area (Å²) in [4.78, 5) is 0. The molecule has 0 aromatic heterocycles. The number of hydrogen-bond donors (Lipinski definition) is 1. The van der Waals surface area contributed by atoms with Crippen LogP contribution < -0.4 is 5.32 Å². The van der Waals surface area contributed by atoms with Crippen molar-refractivity contribution in [3.63, 3.8) is 0 Å². The molecule has 2 heteroatoms. The van der Waals surface area contributed by atoms with Crippen LogP contribution >= 0.6 is 0 Å². The van der Waals surface area contributed by atoms with E-state index in [1.807, 2.05) is 7.05 Å². The minimum absolute atomic E-state index is 0.425. The molecule has 1 fully saturated rings. The van der Waals surface area contributed by atoms with Crippen molar-refractivity contribution in [1.82, 2.24) is 5.32 Å². The summed E-state index contributed by atoms with van der Waals surface area (Å²) in [6.07, 6.45) is 5.20. The zero-order chi connectivity index (χ0) is 11.2. The van der Waals surface area contributed by atoms with E-state index in [4.69, 9.17) is 4.74 Å². The lowest BCUT2D eigenvalue weighted by molar-refractivity contribution is 0.0437. The average molecular weight is 219 g/mol. The van der Waals surface area contributed by atoms with Crippen molar-refractivity contribution in [2.75, 3.05) is 13.7 Å². The van der Waals surface area contributed by atoms with E-state index in [2.05, 4.69) is 35.6 Å². The third-order valence-electron chi connectivity index (χ3n) is 3.39. The molecular weight excluding hydrogens is 198 g/mol. The Hall–Kier alpha value is -0.860. The Morgan fingerprint density at radius 3 is 2.81 bits per heavy atom. The minimum atomic E-state index is 0.425. The molecule has 0 radical (unpaired) electrons. The van der Waals surface area contributed by atoms with Gasteiger partial charge in [-0.15, -0.1) is 0 Å². The van der Waals surface area contributed by atoms with Crippen LogP contribution in [0.25, 0.3) is 0 Å². The molecule has 0 bridgehead atoms. The number of rotatable bonds is 5. The van der Waals surface area contributed by atoms with Gasteiger partial charge >= 0.3 is 0 Å². The van der Waals surface area contributed by atoms with E-state index in [-0.39, 0.29) is 0 Å². The summed E-state index contributed by atoms with van der Waals surface area (Å²) in [6.45, 7) is 0.840. The first-order chi connectivity index (χ1) is 7.90.